The van der Waals surface area contributed by atoms with E-state index in [-0.39, 0.29) is 6.03 Å². The van der Waals surface area contributed by atoms with Crippen molar-refractivity contribution in [3.63, 3.8) is 0 Å². The zero-order valence-electron chi connectivity index (χ0n) is 15.1. The van der Waals surface area contributed by atoms with Gasteiger partial charge >= 0.3 is 6.03 Å². The van der Waals surface area contributed by atoms with Gasteiger partial charge in [0.2, 0.25) is 0 Å². The summed E-state index contributed by atoms with van der Waals surface area (Å²) in [6.07, 6.45) is 5.45. The van der Waals surface area contributed by atoms with Gasteiger partial charge in [-0.05, 0) is 31.9 Å². The minimum Gasteiger partial charge on any atom is -0.338 e. The maximum Gasteiger partial charge on any atom is 0.315 e. The Labute approximate surface area is 151 Å². The molecule has 26 heavy (non-hydrogen) atoms. The average Bonchev–Trinajstić information content (AvgIpc) is 3.24. The molecule has 3 aromatic heterocycles. The standard InChI is InChI=1S/C17H22N8O/c1-12-15(13(2)24(3)23-12)6-8-20-17(26)21-9-14-5-4-7-19-16(14)25-11-18-10-22-25/h4-5,7,10-11H,6,8-9H2,1-3H3,(H2,20,21,26). The van der Waals surface area contributed by atoms with E-state index < -0.39 is 0 Å². The quantitative estimate of drug-likeness (QED) is 0.689. The van der Waals surface area contributed by atoms with Crippen molar-refractivity contribution in [3.8, 4) is 5.82 Å². The van der Waals surface area contributed by atoms with E-state index in [1.54, 1.807) is 17.2 Å². The first kappa shape index (κ1) is 17.6. The van der Waals surface area contributed by atoms with Crippen LogP contribution in [0, 0.1) is 13.8 Å². The fourth-order valence-electron chi connectivity index (χ4n) is 2.81. The highest BCUT2D eigenvalue weighted by molar-refractivity contribution is 5.73. The molecular formula is C17H22N8O. The average molecular weight is 354 g/mol. The Balaban J connectivity index is 1.52. The Hall–Kier alpha value is -3.23. The van der Waals surface area contributed by atoms with Crippen LogP contribution in [0.25, 0.3) is 5.82 Å². The van der Waals surface area contributed by atoms with Crippen LogP contribution in [0.5, 0.6) is 0 Å². The van der Waals surface area contributed by atoms with Crippen molar-refractivity contribution >= 4 is 6.03 Å². The summed E-state index contributed by atoms with van der Waals surface area (Å²) in [5.41, 5.74) is 4.15. The van der Waals surface area contributed by atoms with Crippen LogP contribution in [0.3, 0.4) is 0 Å². The Morgan fingerprint density at radius 1 is 1.27 bits per heavy atom. The molecule has 0 spiro atoms. The van der Waals surface area contributed by atoms with Crippen molar-refractivity contribution in [2.75, 3.05) is 6.54 Å². The van der Waals surface area contributed by atoms with Crippen LogP contribution in [0.2, 0.25) is 0 Å². The second-order valence-electron chi connectivity index (χ2n) is 5.96. The lowest BCUT2D eigenvalue weighted by Crippen LogP contribution is -2.36. The summed E-state index contributed by atoms with van der Waals surface area (Å²) in [5, 5.41) is 14.2. The van der Waals surface area contributed by atoms with Gasteiger partial charge in [0.25, 0.3) is 0 Å². The Kier molecular flexibility index (Phi) is 5.26. The predicted octanol–water partition coefficient (Wildman–Crippen LogP) is 1.05. The van der Waals surface area contributed by atoms with E-state index in [1.807, 2.05) is 37.7 Å². The number of amides is 2. The summed E-state index contributed by atoms with van der Waals surface area (Å²) in [5.74, 6) is 0.645. The van der Waals surface area contributed by atoms with Gasteiger partial charge in [0, 0.05) is 37.6 Å². The third-order valence-electron chi connectivity index (χ3n) is 4.26. The van der Waals surface area contributed by atoms with E-state index in [1.165, 1.54) is 11.9 Å². The maximum absolute atomic E-state index is 12.1. The fraction of sp³-hybridized carbons (Fsp3) is 0.353. The number of nitrogens with one attached hydrogen (secondary N) is 2. The third kappa shape index (κ3) is 3.88. The molecule has 0 saturated carbocycles. The van der Waals surface area contributed by atoms with Gasteiger partial charge in [0.05, 0.1) is 5.69 Å². The molecule has 0 bridgehead atoms. The molecule has 0 saturated heterocycles. The summed E-state index contributed by atoms with van der Waals surface area (Å²) in [7, 11) is 1.92. The molecule has 9 heteroatoms. The second-order valence-corrected chi connectivity index (χ2v) is 5.96. The normalized spacial score (nSPS) is 10.7. The molecule has 2 N–H and O–H groups in total. The number of carbonyl (C=O) groups excluding carboxylic acids is 1. The number of aryl methyl sites for hydroxylation is 2. The fourth-order valence-corrected chi connectivity index (χ4v) is 2.81. The Morgan fingerprint density at radius 2 is 2.12 bits per heavy atom. The molecule has 0 aromatic carbocycles. The molecule has 3 rings (SSSR count). The smallest absolute Gasteiger partial charge is 0.315 e. The number of nitrogens with zero attached hydrogens (tertiary/aromatic N) is 6. The van der Waals surface area contributed by atoms with Crippen LogP contribution in [0.15, 0.2) is 31.0 Å². The number of aromatic nitrogens is 6. The van der Waals surface area contributed by atoms with Crippen molar-refractivity contribution in [1.82, 2.24) is 40.2 Å². The van der Waals surface area contributed by atoms with Gasteiger partial charge in [0.1, 0.15) is 12.7 Å². The lowest BCUT2D eigenvalue weighted by molar-refractivity contribution is 0.240. The molecule has 136 valence electrons. The molecule has 0 fully saturated rings. The second kappa shape index (κ2) is 7.77. The number of urea groups is 1. The lowest BCUT2D eigenvalue weighted by atomic mass is 10.1. The number of hydrogen-bond acceptors (Lipinski definition) is 5. The largest absolute Gasteiger partial charge is 0.338 e. The van der Waals surface area contributed by atoms with Crippen molar-refractivity contribution in [1.29, 1.82) is 0 Å². The van der Waals surface area contributed by atoms with Crippen molar-refractivity contribution < 1.29 is 4.79 Å². The molecule has 0 unspecified atom stereocenters. The summed E-state index contributed by atoms with van der Waals surface area (Å²) in [6, 6.07) is 3.49. The number of hydrogen-bond donors (Lipinski definition) is 2. The first-order chi connectivity index (χ1) is 12.6. The van der Waals surface area contributed by atoms with Crippen molar-refractivity contribution in [2.24, 2.45) is 7.05 Å². The summed E-state index contributed by atoms with van der Waals surface area (Å²) < 4.78 is 3.43. The van der Waals surface area contributed by atoms with Crippen LogP contribution in [0.1, 0.15) is 22.5 Å². The molecule has 2 amide bonds. The monoisotopic (exact) mass is 354 g/mol. The third-order valence-corrected chi connectivity index (χ3v) is 4.26. The predicted molar refractivity (Wildman–Crippen MR) is 95.8 cm³/mol. The minimum absolute atomic E-state index is 0.224. The Morgan fingerprint density at radius 3 is 2.81 bits per heavy atom. The van der Waals surface area contributed by atoms with Gasteiger partial charge < -0.3 is 10.6 Å². The van der Waals surface area contributed by atoms with Crippen LogP contribution >= 0.6 is 0 Å². The molecule has 0 aliphatic rings. The van der Waals surface area contributed by atoms with Crippen molar-refractivity contribution in [2.45, 2.75) is 26.8 Å². The van der Waals surface area contributed by atoms with Gasteiger partial charge in [-0.3, -0.25) is 4.68 Å². The highest BCUT2D eigenvalue weighted by atomic mass is 16.2. The SMILES string of the molecule is Cc1nn(C)c(C)c1CCNC(=O)NCc1cccnc1-n1cncn1. The van der Waals surface area contributed by atoms with E-state index in [9.17, 15) is 4.79 Å². The lowest BCUT2D eigenvalue weighted by Gasteiger charge is -2.10. The van der Waals surface area contributed by atoms with E-state index in [2.05, 4.69) is 30.8 Å². The molecule has 0 aliphatic carbocycles. The molecule has 0 radical (unpaired) electrons. The highest BCUT2D eigenvalue weighted by Gasteiger charge is 2.10. The zero-order chi connectivity index (χ0) is 18.5. The Bertz CT molecular complexity index is 884. The van der Waals surface area contributed by atoms with E-state index in [4.69, 9.17) is 0 Å². The molecule has 3 heterocycles. The maximum atomic E-state index is 12.1. The molecule has 0 atom stereocenters. The van der Waals surface area contributed by atoms with E-state index >= 15 is 0 Å². The van der Waals surface area contributed by atoms with Crippen LogP contribution < -0.4 is 10.6 Å². The number of carbonyl (C=O) groups is 1. The van der Waals surface area contributed by atoms with Gasteiger partial charge in [-0.25, -0.2) is 19.4 Å². The molecule has 3 aromatic rings. The minimum atomic E-state index is -0.224. The van der Waals surface area contributed by atoms with Gasteiger partial charge in [-0.15, -0.1) is 0 Å². The topological polar surface area (TPSA) is 103 Å². The summed E-state index contributed by atoms with van der Waals surface area (Å²) in [6.45, 7) is 4.90. The summed E-state index contributed by atoms with van der Waals surface area (Å²) in [4.78, 5) is 20.3. The van der Waals surface area contributed by atoms with Gasteiger partial charge in [-0.1, -0.05) is 6.07 Å². The first-order valence-electron chi connectivity index (χ1n) is 8.36. The first-order valence-corrected chi connectivity index (χ1v) is 8.36. The van der Waals surface area contributed by atoms with E-state index in [0.29, 0.717) is 18.9 Å². The van der Waals surface area contributed by atoms with Crippen LogP contribution in [-0.2, 0) is 20.0 Å². The van der Waals surface area contributed by atoms with E-state index in [0.717, 1.165) is 23.4 Å². The molecular weight excluding hydrogens is 332 g/mol. The number of pyridine rings is 1. The summed E-state index contributed by atoms with van der Waals surface area (Å²) >= 11 is 0. The highest BCUT2D eigenvalue weighted by Crippen LogP contribution is 2.12. The van der Waals surface area contributed by atoms with Crippen LogP contribution in [-0.4, -0.2) is 42.1 Å². The zero-order valence-corrected chi connectivity index (χ0v) is 15.1. The molecule has 0 aliphatic heterocycles. The number of rotatable bonds is 6. The van der Waals surface area contributed by atoms with Crippen LogP contribution in [0.4, 0.5) is 4.79 Å². The van der Waals surface area contributed by atoms with Crippen molar-refractivity contribution in [3.05, 3.63) is 53.5 Å². The van der Waals surface area contributed by atoms with Gasteiger partial charge in [0.15, 0.2) is 5.82 Å². The molecule has 9 nitrogen and oxygen atoms in total. The van der Waals surface area contributed by atoms with Gasteiger partial charge in [-0.2, -0.15) is 10.2 Å².